The lowest BCUT2D eigenvalue weighted by molar-refractivity contribution is -0.113. The Morgan fingerprint density at radius 1 is 1.26 bits per heavy atom. The van der Waals surface area contributed by atoms with E-state index in [0.717, 1.165) is 40.1 Å². The maximum absolute atomic E-state index is 13.4. The number of hydrogen-bond donors (Lipinski definition) is 1. The van der Waals surface area contributed by atoms with E-state index < -0.39 is 5.97 Å². The predicted molar refractivity (Wildman–Crippen MR) is 153 cm³/mol. The van der Waals surface area contributed by atoms with Gasteiger partial charge in [0, 0.05) is 22.1 Å². The number of anilines is 1. The zero-order valence-corrected chi connectivity index (χ0v) is 23.9. The molecule has 4 aromatic rings. The van der Waals surface area contributed by atoms with Crippen molar-refractivity contribution in [3.8, 4) is 0 Å². The van der Waals surface area contributed by atoms with Gasteiger partial charge in [-0.05, 0) is 68.4 Å². The van der Waals surface area contributed by atoms with Crippen molar-refractivity contribution in [1.29, 1.82) is 0 Å². The van der Waals surface area contributed by atoms with Crippen molar-refractivity contribution in [2.45, 2.75) is 51.7 Å². The van der Waals surface area contributed by atoms with E-state index in [2.05, 4.69) is 17.2 Å². The number of fused-ring (bicyclic) bond motifs is 2. The van der Waals surface area contributed by atoms with Gasteiger partial charge in [-0.25, -0.2) is 9.78 Å². The van der Waals surface area contributed by atoms with Crippen molar-refractivity contribution in [2.24, 2.45) is 5.92 Å². The number of amides is 1. The van der Waals surface area contributed by atoms with E-state index in [1.807, 2.05) is 25.1 Å². The van der Waals surface area contributed by atoms with E-state index in [4.69, 9.17) is 9.72 Å². The maximum Gasteiger partial charge on any atom is 0.341 e. The van der Waals surface area contributed by atoms with Crippen LogP contribution in [-0.4, -0.2) is 38.8 Å². The second-order valence-corrected chi connectivity index (χ2v) is 12.6. The molecule has 0 fully saturated rings. The highest BCUT2D eigenvalue weighted by molar-refractivity contribution is 7.99. The van der Waals surface area contributed by atoms with Gasteiger partial charge >= 0.3 is 5.97 Å². The van der Waals surface area contributed by atoms with Crippen molar-refractivity contribution in [3.63, 3.8) is 0 Å². The van der Waals surface area contributed by atoms with E-state index in [1.165, 1.54) is 34.4 Å². The molecule has 4 heterocycles. The number of ether oxygens (including phenoxy) is 1. The normalized spacial score (nSPS) is 14.9. The minimum atomic E-state index is -0.395. The average molecular weight is 569 g/mol. The van der Waals surface area contributed by atoms with Gasteiger partial charge in [0.2, 0.25) is 5.91 Å². The number of thioether (sulfide) groups is 1. The molecule has 0 saturated carbocycles. The van der Waals surface area contributed by atoms with Crippen molar-refractivity contribution in [2.75, 3.05) is 17.7 Å². The topological polar surface area (TPSA) is 103 Å². The van der Waals surface area contributed by atoms with Crippen LogP contribution in [0.2, 0.25) is 0 Å². The molecule has 0 radical (unpaired) electrons. The molecule has 0 bridgehead atoms. The Kier molecular flexibility index (Phi) is 7.96. The molecule has 1 amide bonds. The molecular weight excluding hydrogens is 541 g/mol. The number of esters is 1. The summed E-state index contributed by atoms with van der Waals surface area (Å²) in [6.07, 6.45) is 6.07. The summed E-state index contributed by atoms with van der Waals surface area (Å²) < 4.78 is 6.93. The first kappa shape index (κ1) is 26.6. The highest BCUT2D eigenvalue weighted by Gasteiger charge is 2.29. The summed E-state index contributed by atoms with van der Waals surface area (Å²) in [5, 5.41) is 4.55. The minimum absolute atomic E-state index is 0.0416. The Hall–Kier alpha value is -3.02. The summed E-state index contributed by atoms with van der Waals surface area (Å²) in [5.74, 6) is -0.0811. The number of nitrogens with one attached hydrogen (secondary N) is 1. The molecule has 198 valence electrons. The molecule has 5 rings (SSSR count). The molecule has 1 N–H and O–H groups in total. The van der Waals surface area contributed by atoms with Crippen LogP contribution < -0.4 is 10.9 Å². The van der Waals surface area contributed by atoms with Gasteiger partial charge in [-0.3, -0.25) is 19.1 Å². The Bertz CT molecular complexity index is 1560. The third kappa shape index (κ3) is 5.55. The number of carbonyl (C=O) groups excluding carboxylic acids is 2. The molecule has 1 atom stereocenters. The monoisotopic (exact) mass is 568 g/mol. The zero-order chi connectivity index (χ0) is 26.8. The molecule has 0 aromatic carbocycles. The zero-order valence-electron chi connectivity index (χ0n) is 21.4. The van der Waals surface area contributed by atoms with Crippen LogP contribution in [-0.2, 0) is 28.9 Å². The summed E-state index contributed by atoms with van der Waals surface area (Å²) in [6, 6.07) is 5.57. The lowest BCUT2D eigenvalue weighted by atomic mass is 9.88. The summed E-state index contributed by atoms with van der Waals surface area (Å²) in [4.78, 5) is 50.9. The lowest BCUT2D eigenvalue weighted by Gasteiger charge is -2.18. The highest BCUT2D eigenvalue weighted by atomic mass is 32.2. The van der Waals surface area contributed by atoms with Crippen molar-refractivity contribution in [3.05, 3.63) is 67.4 Å². The summed E-state index contributed by atoms with van der Waals surface area (Å²) in [6.45, 7) is 6.52. The first-order valence-electron chi connectivity index (χ1n) is 12.5. The standard InChI is InChI=1S/C27H28N4O4S3/c1-4-35-26(34)22-18-6-5-15(2)11-20(18)38-24(22)29-21(32)14-36-27-30-23-19(12-16(3)37-23)25(33)31(27)13-17-7-9-28-10-8-17/h7-10,12,15H,4-6,11,13-14H2,1-3H3,(H,29,32)/t15-/m1/s1. The van der Waals surface area contributed by atoms with E-state index in [9.17, 15) is 14.4 Å². The summed E-state index contributed by atoms with van der Waals surface area (Å²) >= 11 is 4.14. The van der Waals surface area contributed by atoms with E-state index in [-0.39, 0.29) is 23.8 Å². The fourth-order valence-electron chi connectivity index (χ4n) is 4.59. The number of thiophene rings is 2. The molecule has 0 aliphatic heterocycles. The van der Waals surface area contributed by atoms with Crippen LogP contribution >= 0.6 is 34.4 Å². The number of rotatable bonds is 8. The first-order chi connectivity index (χ1) is 18.3. The van der Waals surface area contributed by atoms with Gasteiger partial charge in [-0.2, -0.15) is 0 Å². The molecule has 0 unspecified atom stereocenters. The largest absolute Gasteiger partial charge is 0.462 e. The Labute approximate surface area is 232 Å². The van der Waals surface area contributed by atoms with E-state index in [1.54, 1.807) is 23.9 Å². The Balaban J connectivity index is 1.40. The second-order valence-electron chi connectivity index (χ2n) is 9.33. The van der Waals surface area contributed by atoms with Crippen molar-refractivity contribution >= 4 is 61.5 Å². The van der Waals surface area contributed by atoms with Crippen LogP contribution in [0.1, 0.15) is 51.5 Å². The SMILES string of the molecule is CCOC(=O)c1c(NC(=O)CSc2nc3sc(C)cc3c(=O)n2Cc2ccncc2)sc2c1CC[C@@H](C)C2. The quantitative estimate of drug-likeness (QED) is 0.175. The molecule has 38 heavy (non-hydrogen) atoms. The summed E-state index contributed by atoms with van der Waals surface area (Å²) in [5.41, 5.74) is 2.27. The van der Waals surface area contributed by atoms with E-state index in [0.29, 0.717) is 38.4 Å². The number of aromatic nitrogens is 3. The molecule has 11 heteroatoms. The lowest BCUT2D eigenvalue weighted by Crippen LogP contribution is -2.24. The number of hydrogen-bond acceptors (Lipinski definition) is 9. The molecule has 1 aliphatic rings. The van der Waals surface area contributed by atoms with Crippen molar-refractivity contribution < 1.29 is 14.3 Å². The third-order valence-electron chi connectivity index (χ3n) is 6.41. The Morgan fingerprint density at radius 2 is 2.05 bits per heavy atom. The summed E-state index contributed by atoms with van der Waals surface area (Å²) in [7, 11) is 0. The smallest absolute Gasteiger partial charge is 0.341 e. The van der Waals surface area contributed by atoms with E-state index >= 15 is 0 Å². The highest BCUT2D eigenvalue weighted by Crippen LogP contribution is 2.40. The first-order valence-corrected chi connectivity index (χ1v) is 15.1. The third-order valence-corrected chi connectivity index (χ3v) is 9.50. The second kappa shape index (κ2) is 11.4. The van der Waals surface area contributed by atoms with Gasteiger partial charge in [0.05, 0.1) is 29.9 Å². The molecule has 0 spiro atoms. The molecule has 0 saturated heterocycles. The van der Waals surface area contributed by atoms with Gasteiger partial charge in [-0.15, -0.1) is 22.7 Å². The molecule has 8 nitrogen and oxygen atoms in total. The van der Waals surface area contributed by atoms with Gasteiger partial charge in [0.25, 0.3) is 5.56 Å². The fourth-order valence-corrected chi connectivity index (χ4v) is 7.72. The van der Waals surface area contributed by atoms with Crippen LogP contribution in [0.4, 0.5) is 5.00 Å². The van der Waals surface area contributed by atoms with Crippen LogP contribution in [0.25, 0.3) is 10.2 Å². The van der Waals surface area contributed by atoms with Crippen LogP contribution in [0.3, 0.4) is 0 Å². The van der Waals surface area contributed by atoms with Crippen LogP contribution in [0, 0.1) is 12.8 Å². The van der Waals surface area contributed by atoms with Gasteiger partial charge in [-0.1, -0.05) is 18.7 Å². The van der Waals surface area contributed by atoms with Crippen molar-refractivity contribution in [1.82, 2.24) is 14.5 Å². The van der Waals surface area contributed by atoms with Gasteiger partial charge in [0.15, 0.2) is 5.16 Å². The number of carbonyl (C=O) groups is 2. The van der Waals surface area contributed by atoms with Crippen LogP contribution in [0.15, 0.2) is 40.5 Å². The maximum atomic E-state index is 13.4. The number of nitrogens with zero attached hydrogens (tertiary/aromatic N) is 3. The fraction of sp³-hybridized carbons (Fsp3) is 0.370. The minimum Gasteiger partial charge on any atom is -0.462 e. The average Bonchev–Trinajstić information content (AvgIpc) is 3.44. The van der Waals surface area contributed by atoms with Gasteiger partial charge in [0.1, 0.15) is 9.83 Å². The predicted octanol–water partition coefficient (Wildman–Crippen LogP) is 5.30. The number of pyridine rings is 1. The molecule has 1 aliphatic carbocycles. The van der Waals surface area contributed by atoms with Gasteiger partial charge < -0.3 is 10.1 Å². The van der Waals surface area contributed by atoms with Crippen LogP contribution in [0.5, 0.6) is 0 Å². The Morgan fingerprint density at radius 3 is 2.82 bits per heavy atom. The molecule has 4 aromatic heterocycles. The number of aryl methyl sites for hydroxylation is 1. The molecular formula is C27H28N4O4S3.